The van der Waals surface area contributed by atoms with Crippen molar-refractivity contribution in [2.75, 3.05) is 6.61 Å². The van der Waals surface area contributed by atoms with Gasteiger partial charge in [-0.05, 0) is 6.92 Å². The first-order valence-electron chi connectivity index (χ1n) is 3.54. The predicted molar refractivity (Wildman–Crippen MR) is 38.3 cm³/mol. The van der Waals surface area contributed by atoms with Crippen molar-refractivity contribution in [2.45, 2.75) is 19.1 Å². The summed E-state index contributed by atoms with van der Waals surface area (Å²) in [6.07, 6.45) is 1.66. The van der Waals surface area contributed by atoms with Gasteiger partial charge in [-0.3, -0.25) is 0 Å². The Bertz CT molecular complexity index is 267. The minimum absolute atomic E-state index is 0.346. The first kappa shape index (κ1) is 6.67. The van der Waals surface area contributed by atoms with Crippen LogP contribution in [0.4, 0.5) is 0 Å². The summed E-state index contributed by atoms with van der Waals surface area (Å²) >= 11 is 0. The van der Waals surface area contributed by atoms with Gasteiger partial charge in [-0.25, -0.2) is 4.68 Å². The molecule has 0 amide bonds. The van der Waals surface area contributed by atoms with Crippen LogP contribution in [0.3, 0.4) is 0 Å². The number of aromatic nitrogens is 2. The fourth-order valence-electron chi connectivity index (χ4n) is 1.16. The van der Waals surface area contributed by atoms with E-state index in [1.807, 2.05) is 0 Å². The number of ether oxygens (including phenoxy) is 1. The first-order chi connectivity index (χ1) is 5.17. The van der Waals surface area contributed by atoms with E-state index in [0.29, 0.717) is 13.2 Å². The fraction of sp³-hybridized carbons (Fsp3) is 0.571. The normalized spacial score (nSPS) is 29.3. The maximum atomic E-state index is 9.55. The molecule has 0 saturated heterocycles. The molecule has 0 saturated carbocycles. The molecule has 2 rings (SSSR count). The van der Waals surface area contributed by atoms with Crippen molar-refractivity contribution in [3.05, 3.63) is 12.3 Å². The predicted octanol–water partition coefficient (Wildman–Crippen LogP) is 0.0265. The maximum Gasteiger partial charge on any atom is 0.211 e. The Labute approximate surface area is 64.4 Å². The van der Waals surface area contributed by atoms with Crippen LogP contribution in [0.25, 0.3) is 0 Å². The maximum absolute atomic E-state index is 9.55. The number of hydrogen-bond acceptors (Lipinski definition) is 3. The van der Waals surface area contributed by atoms with E-state index in [9.17, 15) is 5.11 Å². The van der Waals surface area contributed by atoms with Crippen molar-refractivity contribution in [3.63, 3.8) is 0 Å². The van der Waals surface area contributed by atoms with Gasteiger partial charge in [0, 0.05) is 6.07 Å². The molecular formula is C7H10N2O2. The van der Waals surface area contributed by atoms with Crippen LogP contribution in [0, 0.1) is 0 Å². The molecule has 0 bridgehead atoms. The van der Waals surface area contributed by atoms with E-state index in [-0.39, 0.29) is 0 Å². The zero-order valence-corrected chi connectivity index (χ0v) is 6.32. The Balaban J connectivity index is 2.32. The van der Waals surface area contributed by atoms with E-state index in [1.165, 1.54) is 0 Å². The van der Waals surface area contributed by atoms with Crippen LogP contribution < -0.4 is 4.74 Å². The summed E-state index contributed by atoms with van der Waals surface area (Å²) in [5.74, 6) is 0.733. The molecule has 0 spiro atoms. The molecule has 60 valence electrons. The minimum atomic E-state index is -0.779. The molecule has 0 fully saturated rings. The van der Waals surface area contributed by atoms with Crippen molar-refractivity contribution >= 4 is 0 Å². The van der Waals surface area contributed by atoms with E-state index in [2.05, 4.69) is 5.10 Å². The third-order valence-electron chi connectivity index (χ3n) is 1.70. The highest BCUT2D eigenvalue weighted by Gasteiger charge is 2.28. The van der Waals surface area contributed by atoms with Crippen LogP contribution in [0.2, 0.25) is 0 Å². The average Bonchev–Trinajstić information content (AvgIpc) is 2.31. The third kappa shape index (κ3) is 1.09. The highest BCUT2D eigenvalue weighted by Crippen LogP contribution is 2.20. The molecule has 0 unspecified atom stereocenters. The molecule has 1 aromatic heterocycles. The zero-order chi connectivity index (χ0) is 7.90. The molecule has 1 N–H and O–H groups in total. The molecule has 0 radical (unpaired) electrons. The van der Waals surface area contributed by atoms with Gasteiger partial charge in [-0.1, -0.05) is 0 Å². The molecule has 0 aliphatic carbocycles. The Morgan fingerprint density at radius 1 is 1.82 bits per heavy atom. The van der Waals surface area contributed by atoms with Gasteiger partial charge in [0.25, 0.3) is 0 Å². The van der Waals surface area contributed by atoms with Crippen LogP contribution in [0.15, 0.2) is 12.3 Å². The summed E-state index contributed by atoms with van der Waals surface area (Å²) in [4.78, 5) is 0. The first-order valence-corrected chi connectivity index (χ1v) is 3.54. The SMILES string of the molecule is C[C@]1(O)COc2ccnn2C1. The van der Waals surface area contributed by atoms with Gasteiger partial charge >= 0.3 is 0 Å². The standard InChI is InChI=1S/C7H10N2O2/c1-7(10)4-9-6(11-5-7)2-3-8-9/h2-3,10H,4-5H2,1H3/t7-/m1/s1. The molecule has 4 heteroatoms. The lowest BCUT2D eigenvalue weighted by molar-refractivity contribution is -0.0312. The quantitative estimate of drug-likeness (QED) is 0.573. The lowest BCUT2D eigenvalue weighted by Crippen LogP contribution is -2.41. The third-order valence-corrected chi connectivity index (χ3v) is 1.70. The molecule has 0 aromatic carbocycles. The molecule has 2 heterocycles. The zero-order valence-electron chi connectivity index (χ0n) is 6.32. The van der Waals surface area contributed by atoms with Gasteiger partial charge in [-0.2, -0.15) is 5.10 Å². The fourth-order valence-corrected chi connectivity index (χ4v) is 1.16. The Morgan fingerprint density at radius 2 is 2.64 bits per heavy atom. The van der Waals surface area contributed by atoms with Crippen molar-refractivity contribution in [1.82, 2.24) is 9.78 Å². The summed E-state index contributed by atoms with van der Waals surface area (Å²) in [5, 5.41) is 13.5. The van der Waals surface area contributed by atoms with E-state index in [0.717, 1.165) is 5.88 Å². The van der Waals surface area contributed by atoms with Gasteiger partial charge in [0.15, 0.2) is 0 Å². The summed E-state index contributed by atoms with van der Waals surface area (Å²) in [6.45, 7) is 2.59. The Morgan fingerprint density at radius 3 is 3.45 bits per heavy atom. The molecule has 1 aliphatic heterocycles. The van der Waals surface area contributed by atoms with Gasteiger partial charge in [0.1, 0.15) is 12.2 Å². The summed E-state index contributed by atoms with van der Waals surface area (Å²) < 4.78 is 6.89. The minimum Gasteiger partial charge on any atom is -0.475 e. The van der Waals surface area contributed by atoms with Crippen LogP contribution in [0.1, 0.15) is 6.92 Å². The van der Waals surface area contributed by atoms with Crippen LogP contribution >= 0.6 is 0 Å². The van der Waals surface area contributed by atoms with E-state index in [1.54, 1.807) is 23.9 Å². The van der Waals surface area contributed by atoms with Crippen LogP contribution in [0.5, 0.6) is 5.88 Å². The van der Waals surface area contributed by atoms with Crippen molar-refractivity contribution in [3.8, 4) is 5.88 Å². The highest BCUT2D eigenvalue weighted by atomic mass is 16.5. The molecular weight excluding hydrogens is 144 g/mol. The molecule has 1 aromatic rings. The second-order valence-corrected chi connectivity index (χ2v) is 3.11. The summed E-state index contributed by atoms with van der Waals surface area (Å²) in [7, 11) is 0. The number of aliphatic hydroxyl groups is 1. The largest absolute Gasteiger partial charge is 0.475 e. The molecule has 1 aliphatic rings. The number of fused-ring (bicyclic) bond motifs is 1. The van der Waals surface area contributed by atoms with Crippen LogP contribution in [-0.4, -0.2) is 27.1 Å². The Hall–Kier alpha value is -1.03. The number of rotatable bonds is 0. The second kappa shape index (κ2) is 1.98. The van der Waals surface area contributed by atoms with Gasteiger partial charge in [0.2, 0.25) is 5.88 Å². The van der Waals surface area contributed by atoms with E-state index < -0.39 is 5.60 Å². The lowest BCUT2D eigenvalue weighted by Gasteiger charge is -2.28. The van der Waals surface area contributed by atoms with Gasteiger partial charge < -0.3 is 9.84 Å². The molecule has 11 heavy (non-hydrogen) atoms. The van der Waals surface area contributed by atoms with Crippen molar-refractivity contribution < 1.29 is 9.84 Å². The van der Waals surface area contributed by atoms with Crippen molar-refractivity contribution in [1.29, 1.82) is 0 Å². The average molecular weight is 154 g/mol. The molecule has 4 nitrogen and oxygen atoms in total. The number of hydrogen-bond donors (Lipinski definition) is 1. The van der Waals surface area contributed by atoms with E-state index >= 15 is 0 Å². The number of nitrogens with zero attached hydrogens (tertiary/aromatic N) is 2. The Kier molecular flexibility index (Phi) is 1.20. The van der Waals surface area contributed by atoms with Crippen LogP contribution in [-0.2, 0) is 6.54 Å². The van der Waals surface area contributed by atoms with Gasteiger partial charge in [-0.15, -0.1) is 0 Å². The lowest BCUT2D eigenvalue weighted by atomic mass is 10.1. The molecule has 1 atom stereocenters. The van der Waals surface area contributed by atoms with Gasteiger partial charge in [0.05, 0.1) is 12.7 Å². The monoisotopic (exact) mass is 154 g/mol. The second-order valence-electron chi connectivity index (χ2n) is 3.11. The topological polar surface area (TPSA) is 47.3 Å². The summed E-state index contributed by atoms with van der Waals surface area (Å²) in [6, 6.07) is 1.79. The van der Waals surface area contributed by atoms with Crippen molar-refractivity contribution in [2.24, 2.45) is 0 Å². The van der Waals surface area contributed by atoms with E-state index in [4.69, 9.17) is 4.74 Å². The smallest absolute Gasteiger partial charge is 0.211 e. The highest BCUT2D eigenvalue weighted by molar-refractivity contribution is 5.10. The summed E-state index contributed by atoms with van der Waals surface area (Å²) in [5.41, 5.74) is -0.779.